The van der Waals surface area contributed by atoms with Gasteiger partial charge in [-0.15, -0.1) is 0 Å². The van der Waals surface area contributed by atoms with Crippen LogP contribution >= 0.6 is 22.6 Å². The summed E-state index contributed by atoms with van der Waals surface area (Å²) in [6, 6.07) is 13.7. The zero-order valence-electron chi connectivity index (χ0n) is 16.2. The van der Waals surface area contributed by atoms with E-state index in [1.165, 1.54) is 37.0 Å². The zero-order chi connectivity index (χ0) is 18.8. The van der Waals surface area contributed by atoms with Crippen molar-refractivity contribution < 1.29 is 0 Å². The number of benzene rings is 2. The second-order valence-electron chi connectivity index (χ2n) is 8.87. The van der Waals surface area contributed by atoms with E-state index in [2.05, 4.69) is 104 Å². The molecule has 0 saturated heterocycles. The summed E-state index contributed by atoms with van der Waals surface area (Å²) in [6.07, 6.45) is 11.8. The first-order chi connectivity index (χ1) is 13.0. The lowest BCUT2D eigenvalue weighted by Crippen LogP contribution is -2.25. The van der Waals surface area contributed by atoms with Gasteiger partial charge in [-0.05, 0) is 97.7 Å². The molecule has 1 unspecified atom stereocenters. The summed E-state index contributed by atoms with van der Waals surface area (Å²) in [5.74, 6) is 1.19. The summed E-state index contributed by atoms with van der Waals surface area (Å²) < 4.78 is 1.37. The fraction of sp³-hybridized carbons (Fsp3) is 0.308. The van der Waals surface area contributed by atoms with Crippen molar-refractivity contribution in [3.05, 3.63) is 86.0 Å². The summed E-state index contributed by atoms with van der Waals surface area (Å²) in [4.78, 5) is 0. The van der Waals surface area contributed by atoms with Crippen LogP contribution < -0.4 is 0 Å². The largest absolute Gasteiger partial charge is 0.0807 e. The Hall–Kier alpha value is -1.61. The van der Waals surface area contributed by atoms with Gasteiger partial charge < -0.3 is 0 Å². The van der Waals surface area contributed by atoms with Crippen LogP contribution in [0.2, 0.25) is 0 Å². The molecule has 0 spiro atoms. The molecule has 0 amide bonds. The molecule has 0 nitrogen and oxygen atoms in total. The second-order valence-corrected chi connectivity index (χ2v) is 10.0. The third-order valence-corrected chi connectivity index (χ3v) is 7.77. The number of allylic oxidation sites excluding steroid dienone is 5. The van der Waals surface area contributed by atoms with E-state index in [0.717, 1.165) is 12.8 Å². The molecular weight excluding hydrogens is 439 g/mol. The normalized spacial score (nSPS) is 24.6. The van der Waals surface area contributed by atoms with Crippen molar-refractivity contribution in [3.63, 3.8) is 0 Å². The maximum Gasteiger partial charge on any atom is 0.0205 e. The van der Waals surface area contributed by atoms with Gasteiger partial charge in [0.05, 0.1) is 0 Å². The van der Waals surface area contributed by atoms with Gasteiger partial charge in [-0.3, -0.25) is 0 Å². The highest BCUT2D eigenvalue weighted by Crippen LogP contribution is 2.55. The Morgan fingerprint density at radius 1 is 0.963 bits per heavy atom. The van der Waals surface area contributed by atoms with Gasteiger partial charge in [-0.25, -0.2) is 0 Å². The van der Waals surface area contributed by atoms with Crippen molar-refractivity contribution in [2.24, 2.45) is 11.8 Å². The van der Waals surface area contributed by atoms with Crippen LogP contribution in [0.15, 0.2) is 54.6 Å². The van der Waals surface area contributed by atoms with Gasteiger partial charge in [0.2, 0.25) is 0 Å². The molecule has 0 aromatic heterocycles. The van der Waals surface area contributed by atoms with E-state index in [1.807, 2.05) is 0 Å². The SMILES string of the molecule is C[C@H]1C=Cc2c(I)ccc(C3=CC=C4c5ccccc5C(C)(C)C4C3)c2C1. The molecule has 0 saturated carbocycles. The number of hydrogen-bond acceptors (Lipinski definition) is 0. The van der Waals surface area contributed by atoms with Gasteiger partial charge in [-0.2, -0.15) is 0 Å². The number of rotatable bonds is 1. The summed E-state index contributed by atoms with van der Waals surface area (Å²) in [5, 5.41) is 0. The summed E-state index contributed by atoms with van der Waals surface area (Å²) in [7, 11) is 0. The van der Waals surface area contributed by atoms with Crippen LogP contribution in [0.25, 0.3) is 17.2 Å². The van der Waals surface area contributed by atoms with E-state index in [9.17, 15) is 0 Å². The summed E-state index contributed by atoms with van der Waals surface area (Å²) >= 11 is 2.49. The average molecular weight is 464 g/mol. The maximum absolute atomic E-state index is 2.49. The highest BCUT2D eigenvalue weighted by atomic mass is 127. The van der Waals surface area contributed by atoms with Gasteiger partial charge >= 0.3 is 0 Å². The van der Waals surface area contributed by atoms with Crippen molar-refractivity contribution in [3.8, 4) is 0 Å². The van der Waals surface area contributed by atoms with E-state index in [-0.39, 0.29) is 5.41 Å². The summed E-state index contributed by atoms with van der Waals surface area (Å²) in [5.41, 5.74) is 10.7. The maximum atomic E-state index is 2.49. The van der Waals surface area contributed by atoms with Gasteiger partial charge in [0.15, 0.2) is 0 Å². The lowest BCUT2D eigenvalue weighted by atomic mass is 9.71. The molecule has 0 bridgehead atoms. The Labute approximate surface area is 176 Å². The topological polar surface area (TPSA) is 0 Å². The van der Waals surface area contributed by atoms with Crippen molar-refractivity contribution >= 4 is 39.8 Å². The first-order valence-electron chi connectivity index (χ1n) is 9.97. The monoisotopic (exact) mass is 464 g/mol. The molecule has 1 heteroatoms. The average Bonchev–Trinajstić information content (AvgIpc) is 2.90. The highest BCUT2D eigenvalue weighted by Gasteiger charge is 2.43. The van der Waals surface area contributed by atoms with Crippen molar-refractivity contribution in [1.82, 2.24) is 0 Å². The molecule has 2 atom stereocenters. The number of halogens is 1. The van der Waals surface area contributed by atoms with Crippen molar-refractivity contribution in [1.29, 1.82) is 0 Å². The Kier molecular flexibility index (Phi) is 4.02. The first kappa shape index (κ1) is 17.5. The van der Waals surface area contributed by atoms with Crippen molar-refractivity contribution in [2.45, 2.75) is 39.0 Å². The zero-order valence-corrected chi connectivity index (χ0v) is 18.4. The highest BCUT2D eigenvalue weighted by molar-refractivity contribution is 14.1. The summed E-state index contributed by atoms with van der Waals surface area (Å²) in [6.45, 7) is 7.18. The Morgan fingerprint density at radius 3 is 2.63 bits per heavy atom. The molecule has 136 valence electrons. The fourth-order valence-electron chi connectivity index (χ4n) is 5.30. The molecule has 5 rings (SSSR count). The van der Waals surface area contributed by atoms with Gasteiger partial charge in [0.25, 0.3) is 0 Å². The van der Waals surface area contributed by atoms with Gasteiger partial charge in [0.1, 0.15) is 0 Å². The molecule has 2 aromatic rings. The quantitative estimate of drug-likeness (QED) is 0.389. The second kappa shape index (κ2) is 6.20. The van der Waals surface area contributed by atoms with E-state index in [4.69, 9.17) is 0 Å². The fourth-order valence-corrected chi connectivity index (χ4v) is 5.98. The Morgan fingerprint density at radius 2 is 1.78 bits per heavy atom. The minimum Gasteiger partial charge on any atom is -0.0807 e. The van der Waals surface area contributed by atoms with E-state index < -0.39 is 0 Å². The van der Waals surface area contributed by atoms with E-state index in [1.54, 1.807) is 5.56 Å². The molecule has 3 aliphatic rings. The molecule has 0 heterocycles. The van der Waals surface area contributed by atoms with Crippen LogP contribution in [0.1, 0.15) is 55.0 Å². The Balaban J connectivity index is 1.62. The number of fused-ring (bicyclic) bond motifs is 4. The number of hydrogen-bond donors (Lipinski definition) is 0. The molecule has 0 fully saturated rings. The van der Waals surface area contributed by atoms with E-state index in [0.29, 0.717) is 11.8 Å². The van der Waals surface area contributed by atoms with Gasteiger partial charge in [0, 0.05) is 3.57 Å². The van der Waals surface area contributed by atoms with Crippen LogP contribution in [-0.2, 0) is 11.8 Å². The molecule has 3 aliphatic carbocycles. The van der Waals surface area contributed by atoms with Gasteiger partial charge in [-0.1, -0.05) is 75.4 Å². The van der Waals surface area contributed by atoms with Crippen LogP contribution in [0.5, 0.6) is 0 Å². The molecule has 2 aromatic carbocycles. The predicted molar refractivity (Wildman–Crippen MR) is 125 cm³/mol. The minimum atomic E-state index is 0.193. The van der Waals surface area contributed by atoms with Crippen LogP contribution in [0.4, 0.5) is 0 Å². The lowest BCUT2D eigenvalue weighted by Gasteiger charge is -2.32. The third kappa shape index (κ3) is 2.61. The third-order valence-electron chi connectivity index (χ3n) is 6.83. The molecule has 27 heavy (non-hydrogen) atoms. The predicted octanol–water partition coefficient (Wildman–Crippen LogP) is 7.27. The minimum absolute atomic E-state index is 0.193. The van der Waals surface area contributed by atoms with Crippen molar-refractivity contribution in [2.75, 3.05) is 0 Å². The van der Waals surface area contributed by atoms with Crippen LogP contribution in [0.3, 0.4) is 0 Å². The molecular formula is C26H25I. The van der Waals surface area contributed by atoms with E-state index >= 15 is 0 Å². The van der Waals surface area contributed by atoms with Crippen LogP contribution in [0, 0.1) is 15.4 Å². The first-order valence-corrected chi connectivity index (χ1v) is 11.1. The van der Waals surface area contributed by atoms with Crippen LogP contribution in [-0.4, -0.2) is 0 Å². The molecule has 0 aliphatic heterocycles. The molecule has 0 radical (unpaired) electrons. The Bertz CT molecular complexity index is 1030. The smallest absolute Gasteiger partial charge is 0.0205 e. The standard InChI is InChI=1S/C26H25I/c1-16-8-10-21-22(14-16)18(12-13-25(21)27)17-9-11-20-19-6-4-5-7-23(19)26(2,3)24(20)15-17/h4-13,16,24H,14-15H2,1-3H3/t16-,24?/m0/s1. The lowest BCUT2D eigenvalue weighted by molar-refractivity contribution is 0.418. The molecule has 0 N–H and O–H groups in total.